The first-order chi connectivity index (χ1) is 14.0. The summed E-state index contributed by atoms with van der Waals surface area (Å²) >= 11 is 2.98. The van der Waals surface area contributed by atoms with Crippen molar-refractivity contribution >= 4 is 44.9 Å². The van der Waals surface area contributed by atoms with Gasteiger partial charge in [0.1, 0.15) is 4.83 Å². The highest BCUT2D eigenvalue weighted by Crippen LogP contribution is 2.34. The third-order valence-electron chi connectivity index (χ3n) is 5.48. The van der Waals surface area contributed by atoms with Crippen LogP contribution in [0.1, 0.15) is 41.3 Å². The molecule has 1 aliphatic carbocycles. The highest BCUT2D eigenvalue weighted by atomic mass is 32.2. The smallest absolute Gasteiger partial charge is 0.263 e. The minimum atomic E-state index is -0.0965. The number of thioether (sulfide) groups is 1. The van der Waals surface area contributed by atoms with E-state index in [-0.39, 0.29) is 17.2 Å². The van der Waals surface area contributed by atoms with Crippen LogP contribution in [0.3, 0.4) is 0 Å². The van der Waals surface area contributed by atoms with E-state index in [2.05, 4.69) is 5.32 Å². The summed E-state index contributed by atoms with van der Waals surface area (Å²) < 4.78 is 1.71. The van der Waals surface area contributed by atoms with E-state index in [4.69, 9.17) is 4.98 Å². The van der Waals surface area contributed by atoms with Crippen molar-refractivity contribution in [2.45, 2.75) is 58.2 Å². The van der Waals surface area contributed by atoms with Gasteiger partial charge in [-0.3, -0.25) is 14.2 Å². The number of thiophene rings is 1. The Hall–Kier alpha value is -2.12. The number of rotatable bonds is 5. The average Bonchev–Trinajstić information content (AvgIpc) is 3.08. The number of carbonyl (C=O) groups excluding carboxylic acids is 1. The number of benzene rings is 1. The van der Waals surface area contributed by atoms with Gasteiger partial charge in [0.2, 0.25) is 5.91 Å². The monoisotopic (exact) mass is 427 g/mol. The first kappa shape index (κ1) is 20.2. The van der Waals surface area contributed by atoms with Crippen LogP contribution >= 0.6 is 23.1 Å². The van der Waals surface area contributed by atoms with E-state index in [1.165, 1.54) is 34.2 Å². The SMILES string of the molecule is CCn1c(SCC(=O)Nc2ccc(C)c(C)c2)nc2sc3c(c2c1=O)CCCC3. The van der Waals surface area contributed by atoms with Gasteiger partial charge in [-0.1, -0.05) is 17.8 Å². The fourth-order valence-electron chi connectivity index (χ4n) is 3.76. The van der Waals surface area contributed by atoms with E-state index >= 15 is 0 Å². The standard InChI is InChI=1S/C22H25N3O2S2/c1-4-25-21(27)19-16-7-5-6-8-17(16)29-20(19)24-22(25)28-12-18(26)23-15-10-9-13(2)14(3)11-15/h9-11H,4-8,12H2,1-3H3,(H,23,26). The first-order valence-corrected chi connectivity index (χ1v) is 11.8. The number of hydrogen-bond donors (Lipinski definition) is 1. The summed E-state index contributed by atoms with van der Waals surface area (Å²) in [6.45, 7) is 6.57. The van der Waals surface area contributed by atoms with Crippen molar-refractivity contribution in [3.05, 3.63) is 50.1 Å². The first-order valence-electron chi connectivity index (χ1n) is 10.0. The maximum absolute atomic E-state index is 13.1. The Morgan fingerprint density at radius 3 is 2.79 bits per heavy atom. The molecule has 0 atom stereocenters. The van der Waals surface area contributed by atoms with Gasteiger partial charge >= 0.3 is 0 Å². The largest absolute Gasteiger partial charge is 0.325 e. The predicted octanol–water partition coefficient (Wildman–Crippen LogP) is 4.70. The van der Waals surface area contributed by atoms with Gasteiger partial charge in [0.15, 0.2) is 5.16 Å². The molecule has 1 aromatic carbocycles. The van der Waals surface area contributed by atoms with E-state index in [9.17, 15) is 9.59 Å². The Bertz CT molecular complexity index is 1150. The molecule has 0 spiro atoms. The van der Waals surface area contributed by atoms with Crippen LogP contribution in [0, 0.1) is 13.8 Å². The molecule has 5 nitrogen and oxygen atoms in total. The van der Waals surface area contributed by atoms with E-state index in [1.54, 1.807) is 15.9 Å². The number of aromatic nitrogens is 2. The average molecular weight is 428 g/mol. The molecule has 29 heavy (non-hydrogen) atoms. The van der Waals surface area contributed by atoms with Crippen molar-refractivity contribution < 1.29 is 4.79 Å². The van der Waals surface area contributed by atoms with Gasteiger partial charge < -0.3 is 5.32 Å². The number of aryl methyl sites for hydroxylation is 4. The summed E-state index contributed by atoms with van der Waals surface area (Å²) in [5, 5.41) is 4.36. The van der Waals surface area contributed by atoms with E-state index in [0.29, 0.717) is 11.7 Å². The third kappa shape index (κ3) is 3.98. The van der Waals surface area contributed by atoms with Crippen molar-refractivity contribution in [3.8, 4) is 0 Å². The normalized spacial score (nSPS) is 13.5. The number of nitrogens with one attached hydrogen (secondary N) is 1. The molecule has 1 N–H and O–H groups in total. The second-order valence-electron chi connectivity index (χ2n) is 7.47. The Labute approximate surface area is 178 Å². The molecule has 4 rings (SSSR count). The van der Waals surface area contributed by atoms with E-state index < -0.39 is 0 Å². The van der Waals surface area contributed by atoms with Crippen molar-refractivity contribution in [2.75, 3.05) is 11.1 Å². The summed E-state index contributed by atoms with van der Waals surface area (Å²) in [5.74, 6) is 0.122. The fraction of sp³-hybridized carbons (Fsp3) is 0.409. The van der Waals surface area contributed by atoms with Gasteiger partial charge in [-0.25, -0.2) is 4.98 Å². The molecule has 0 bridgehead atoms. The number of carbonyl (C=O) groups is 1. The molecular weight excluding hydrogens is 402 g/mol. The molecule has 152 valence electrons. The molecule has 2 aromatic heterocycles. The minimum Gasteiger partial charge on any atom is -0.325 e. The second kappa shape index (κ2) is 8.32. The lowest BCUT2D eigenvalue weighted by atomic mass is 9.97. The summed E-state index contributed by atoms with van der Waals surface area (Å²) in [6, 6.07) is 5.88. The molecule has 3 aromatic rings. The van der Waals surface area contributed by atoms with Gasteiger partial charge in [-0.05, 0) is 75.3 Å². The van der Waals surface area contributed by atoms with E-state index in [0.717, 1.165) is 40.7 Å². The lowest BCUT2D eigenvalue weighted by Gasteiger charge is -2.12. The van der Waals surface area contributed by atoms with Crippen LogP contribution in [0.15, 0.2) is 28.2 Å². The lowest BCUT2D eigenvalue weighted by Crippen LogP contribution is -2.24. The highest BCUT2D eigenvalue weighted by molar-refractivity contribution is 7.99. The van der Waals surface area contributed by atoms with Gasteiger partial charge in [0.05, 0.1) is 11.1 Å². The number of nitrogens with zero attached hydrogens (tertiary/aromatic N) is 2. The Morgan fingerprint density at radius 2 is 2.03 bits per heavy atom. The van der Waals surface area contributed by atoms with Gasteiger partial charge in [0, 0.05) is 17.1 Å². The van der Waals surface area contributed by atoms with Crippen LogP contribution in [-0.4, -0.2) is 21.2 Å². The zero-order valence-electron chi connectivity index (χ0n) is 17.0. The maximum Gasteiger partial charge on any atom is 0.263 e. The fourth-order valence-corrected chi connectivity index (χ4v) is 5.92. The van der Waals surface area contributed by atoms with Crippen molar-refractivity contribution in [1.82, 2.24) is 9.55 Å². The molecule has 0 fully saturated rings. The summed E-state index contributed by atoms with van der Waals surface area (Å²) in [5.41, 5.74) is 4.37. The highest BCUT2D eigenvalue weighted by Gasteiger charge is 2.22. The Kier molecular flexibility index (Phi) is 5.79. The molecule has 0 saturated carbocycles. The lowest BCUT2D eigenvalue weighted by molar-refractivity contribution is -0.113. The molecule has 2 heterocycles. The van der Waals surface area contributed by atoms with Crippen LogP contribution < -0.4 is 10.9 Å². The minimum absolute atomic E-state index is 0.0361. The van der Waals surface area contributed by atoms with Crippen LogP contribution in [0.25, 0.3) is 10.2 Å². The second-order valence-corrected chi connectivity index (χ2v) is 9.50. The number of hydrogen-bond acceptors (Lipinski definition) is 5. The number of fused-ring (bicyclic) bond motifs is 3. The van der Waals surface area contributed by atoms with Crippen LogP contribution in [0.2, 0.25) is 0 Å². The van der Waals surface area contributed by atoms with Crippen molar-refractivity contribution in [1.29, 1.82) is 0 Å². The number of amides is 1. The Balaban J connectivity index is 1.56. The molecular formula is C22H25N3O2S2. The maximum atomic E-state index is 13.1. The quantitative estimate of drug-likeness (QED) is 0.473. The summed E-state index contributed by atoms with van der Waals surface area (Å²) in [4.78, 5) is 32.5. The van der Waals surface area contributed by atoms with Crippen LogP contribution in [-0.2, 0) is 24.2 Å². The summed E-state index contributed by atoms with van der Waals surface area (Å²) in [6.07, 6.45) is 4.34. The summed E-state index contributed by atoms with van der Waals surface area (Å²) in [7, 11) is 0. The van der Waals surface area contributed by atoms with Crippen molar-refractivity contribution in [2.24, 2.45) is 0 Å². The van der Waals surface area contributed by atoms with E-state index in [1.807, 2.05) is 39.0 Å². The number of anilines is 1. The molecule has 0 saturated heterocycles. The predicted molar refractivity (Wildman–Crippen MR) is 121 cm³/mol. The third-order valence-corrected chi connectivity index (χ3v) is 7.64. The molecule has 7 heteroatoms. The topological polar surface area (TPSA) is 64.0 Å². The molecule has 0 aliphatic heterocycles. The zero-order chi connectivity index (χ0) is 20.5. The van der Waals surface area contributed by atoms with Crippen LogP contribution in [0.4, 0.5) is 5.69 Å². The molecule has 1 amide bonds. The zero-order valence-corrected chi connectivity index (χ0v) is 18.6. The van der Waals surface area contributed by atoms with Gasteiger partial charge in [-0.15, -0.1) is 11.3 Å². The van der Waals surface area contributed by atoms with Gasteiger partial charge in [-0.2, -0.15) is 0 Å². The van der Waals surface area contributed by atoms with Crippen LogP contribution in [0.5, 0.6) is 0 Å². The van der Waals surface area contributed by atoms with Crippen molar-refractivity contribution in [3.63, 3.8) is 0 Å². The molecule has 0 radical (unpaired) electrons. The Morgan fingerprint density at radius 1 is 1.24 bits per heavy atom. The molecule has 0 unspecified atom stereocenters. The van der Waals surface area contributed by atoms with Gasteiger partial charge in [0.25, 0.3) is 5.56 Å². The molecule has 1 aliphatic rings.